The summed E-state index contributed by atoms with van der Waals surface area (Å²) in [4.78, 5) is 27.3. The fourth-order valence-corrected chi connectivity index (χ4v) is 3.51. The minimum Gasteiger partial charge on any atom is -0.477 e. The number of hydrogen-bond acceptors (Lipinski definition) is 3. The summed E-state index contributed by atoms with van der Waals surface area (Å²) in [6.07, 6.45) is 4.53. The van der Waals surface area contributed by atoms with Gasteiger partial charge < -0.3 is 14.6 Å². The van der Waals surface area contributed by atoms with Crippen molar-refractivity contribution in [3.63, 3.8) is 0 Å². The molecule has 1 unspecified atom stereocenters. The monoisotopic (exact) mass is 291 g/mol. The lowest BCUT2D eigenvalue weighted by molar-refractivity contribution is -0.131. The van der Waals surface area contributed by atoms with Gasteiger partial charge in [-0.3, -0.25) is 9.69 Å². The molecule has 1 amide bonds. The maximum Gasteiger partial charge on any atom is 0.352 e. The van der Waals surface area contributed by atoms with Crippen molar-refractivity contribution in [1.82, 2.24) is 14.4 Å². The molecule has 3 rings (SSSR count). The predicted octanol–water partition coefficient (Wildman–Crippen LogP) is 1.05. The molecule has 2 fully saturated rings. The van der Waals surface area contributed by atoms with Crippen LogP contribution in [0.15, 0.2) is 18.3 Å². The van der Waals surface area contributed by atoms with Crippen molar-refractivity contribution in [2.45, 2.75) is 31.3 Å². The molecule has 2 saturated heterocycles. The fraction of sp³-hybridized carbons (Fsp3) is 0.600. The lowest BCUT2D eigenvalue weighted by Crippen LogP contribution is -2.45. The van der Waals surface area contributed by atoms with Gasteiger partial charge in [0.1, 0.15) is 5.69 Å². The number of nitrogens with zero attached hydrogens (tertiary/aromatic N) is 3. The highest BCUT2D eigenvalue weighted by molar-refractivity contribution is 5.86. The summed E-state index contributed by atoms with van der Waals surface area (Å²) in [7, 11) is 1.86. The lowest BCUT2D eigenvalue weighted by Gasteiger charge is -2.35. The van der Waals surface area contributed by atoms with Gasteiger partial charge in [0.15, 0.2) is 0 Å². The van der Waals surface area contributed by atoms with Crippen LogP contribution in [0.2, 0.25) is 0 Å². The van der Waals surface area contributed by atoms with Crippen molar-refractivity contribution in [2.24, 2.45) is 0 Å². The number of carbonyl (C=O) groups is 2. The molecular weight excluding hydrogens is 270 g/mol. The zero-order valence-corrected chi connectivity index (χ0v) is 12.2. The van der Waals surface area contributed by atoms with Crippen molar-refractivity contribution in [1.29, 1.82) is 0 Å². The number of rotatable bonds is 3. The molecule has 0 saturated carbocycles. The van der Waals surface area contributed by atoms with Crippen LogP contribution in [0.1, 0.15) is 35.8 Å². The molecule has 0 bridgehead atoms. The largest absolute Gasteiger partial charge is 0.477 e. The van der Waals surface area contributed by atoms with E-state index in [1.165, 1.54) is 0 Å². The van der Waals surface area contributed by atoms with E-state index in [1.54, 1.807) is 17.0 Å². The lowest BCUT2D eigenvalue weighted by atomic mass is 10.0. The highest BCUT2D eigenvalue weighted by Crippen LogP contribution is 2.28. The quantitative estimate of drug-likeness (QED) is 0.904. The number of carboxylic acids is 1. The third kappa shape index (κ3) is 2.55. The molecule has 1 N–H and O–H groups in total. The Bertz CT molecular complexity index is 546. The summed E-state index contributed by atoms with van der Waals surface area (Å²) in [6.45, 7) is 2.54. The number of piperidine rings is 1. The Labute approximate surface area is 123 Å². The second kappa shape index (κ2) is 5.52. The highest BCUT2D eigenvalue weighted by atomic mass is 16.4. The van der Waals surface area contributed by atoms with Gasteiger partial charge in [0.2, 0.25) is 5.91 Å². The van der Waals surface area contributed by atoms with Crippen molar-refractivity contribution in [3.05, 3.63) is 24.0 Å². The second-order valence-electron chi connectivity index (χ2n) is 5.94. The Hall–Kier alpha value is -1.82. The SMILES string of the molecule is CN1CCC(N2CCC(n3cccc3C(=O)O)CC2)C1=O. The van der Waals surface area contributed by atoms with E-state index in [9.17, 15) is 14.7 Å². The van der Waals surface area contributed by atoms with Gasteiger partial charge >= 0.3 is 5.97 Å². The average molecular weight is 291 g/mol. The standard InChI is InChI=1S/C15H21N3O3/c1-16-8-6-12(14(16)19)17-9-4-11(5-10-17)18-7-2-3-13(18)15(20)21/h2-3,7,11-12H,4-6,8-10H2,1H3,(H,20,21). The van der Waals surface area contributed by atoms with Gasteiger partial charge in [0.25, 0.3) is 0 Å². The topological polar surface area (TPSA) is 65.8 Å². The van der Waals surface area contributed by atoms with Crippen LogP contribution in [0.5, 0.6) is 0 Å². The van der Waals surface area contributed by atoms with Gasteiger partial charge in [-0.05, 0) is 31.4 Å². The zero-order valence-electron chi connectivity index (χ0n) is 12.2. The van der Waals surface area contributed by atoms with Gasteiger partial charge in [-0.2, -0.15) is 0 Å². The third-order valence-electron chi connectivity index (χ3n) is 4.73. The molecule has 1 aromatic heterocycles. The molecule has 1 atom stereocenters. The molecule has 21 heavy (non-hydrogen) atoms. The molecule has 2 aliphatic rings. The second-order valence-corrected chi connectivity index (χ2v) is 5.94. The van der Waals surface area contributed by atoms with Gasteiger partial charge in [0, 0.05) is 38.9 Å². The Balaban J connectivity index is 1.64. The molecule has 0 spiro atoms. The van der Waals surface area contributed by atoms with E-state index in [0.717, 1.165) is 38.9 Å². The Morgan fingerprint density at radius 1 is 1.24 bits per heavy atom. The molecule has 3 heterocycles. The van der Waals surface area contributed by atoms with Crippen LogP contribution in [-0.4, -0.2) is 64.1 Å². The van der Waals surface area contributed by atoms with E-state index in [0.29, 0.717) is 5.69 Å². The number of hydrogen-bond donors (Lipinski definition) is 1. The van der Waals surface area contributed by atoms with Gasteiger partial charge in [-0.15, -0.1) is 0 Å². The van der Waals surface area contributed by atoms with Crippen molar-refractivity contribution in [3.8, 4) is 0 Å². The van der Waals surface area contributed by atoms with E-state index >= 15 is 0 Å². The Kier molecular flexibility index (Phi) is 3.71. The first-order chi connectivity index (χ1) is 10.1. The minimum absolute atomic E-state index is 0.0274. The molecule has 2 aliphatic heterocycles. The van der Waals surface area contributed by atoms with Crippen LogP contribution < -0.4 is 0 Å². The van der Waals surface area contributed by atoms with Crippen LogP contribution >= 0.6 is 0 Å². The summed E-state index contributed by atoms with van der Waals surface area (Å²) in [5, 5.41) is 9.19. The molecule has 114 valence electrons. The number of carbonyl (C=O) groups excluding carboxylic acids is 1. The summed E-state index contributed by atoms with van der Waals surface area (Å²) in [5.41, 5.74) is 0.352. The molecule has 0 aromatic carbocycles. The number of amides is 1. The molecule has 6 nitrogen and oxygen atoms in total. The van der Waals surface area contributed by atoms with Crippen LogP contribution in [-0.2, 0) is 4.79 Å². The Morgan fingerprint density at radius 2 is 1.95 bits per heavy atom. The molecule has 6 heteroatoms. The summed E-state index contributed by atoms with van der Waals surface area (Å²) < 4.78 is 1.86. The van der Waals surface area contributed by atoms with E-state index < -0.39 is 5.97 Å². The summed E-state index contributed by atoms with van der Waals surface area (Å²) in [5.74, 6) is -0.657. The van der Waals surface area contributed by atoms with Crippen LogP contribution in [0.25, 0.3) is 0 Å². The van der Waals surface area contributed by atoms with Crippen molar-refractivity contribution >= 4 is 11.9 Å². The number of aromatic carboxylic acids is 1. The third-order valence-corrected chi connectivity index (χ3v) is 4.73. The van der Waals surface area contributed by atoms with Gasteiger partial charge in [-0.25, -0.2) is 4.79 Å². The smallest absolute Gasteiger partial charge is 0.352 e. The maximum atomic E-state index is 12.1. The number of carboxylic acid groups (broad SMARTS) is 1. The van der Waals surface area contributed by atoms with Gasteiger partial charge in [-0.1, -0.05) is 0 Å². The first-order valence-electron chi connectivity index (χ1n) is 7.47. The summed E-state index contributed by atoms with van der Waals surface area (Å²) >= 11 is 0. The van der Waals surface area contributed by atoms with Gasteiger partial charge in [0.05, 0.1) is 6.04 Å². The molecular formula is C15H21N3O3. The van der Waals surface area contributed by atoms with Crippen LogP contribution in [0, 0.1) is 0 Å². The average Bonchev–Trinajstić information content (AvgIpc) is 3.08. The molecule has 0 aliphatic carbocycles. The zero-order chi connectivity index (χ0) is 15.0. The van der Waals surface area contributed by atoms with Crippen molar-refractivity contribution < 1.29 is 14.7 Å². The predicted molar refractivity (Wildman–Crippen MR) is 77.3 cm³/mol. The number of likely N-dealkylation sites (N-methyl/N-ethyl adjacent to an activating group) is 1. The van der Waals surface area contributed by atoms with E-state index in [4.69, 9.17) is 0 Å². The van der Waals surface area contributed by atoms with Crippen LogP contribution in [0.4, 0.5) is 0 Å². The van der Waals surface area contributed by atoms with Crippen molar-refractivity contribution in [2.75, 3.05) is 26.7 Å². The molecule has 0 radical (unpaired) electrons. The maximum absolute atomic E-state index is 12.1. The van der Waals surface area contributed by atoms with E-state index in [-0.39, 0.29) is 18.0 Å². The number of aromatic nitrogens is 1. The number of likely N-dealkylation sites (tertiary alicyclic amines) is 2. The normalized spacial score (nSPS) is 24.7. The van der Waals surface area contributed by atoms with E-state index in [1.807, 2.05) is 17.8 Å². The van der Waals surface area contributed by atoms with E-state index in [2.05, 4.69) is 4.90 Å². The highest BCUT2D eigenvalue weighted by Gasteiger charge is 2.36. The first kappa shape index (κ1) is 14.1. The summed E-state index contributed by atoms with van der Waals surface area (Å²) in [6, 6.07) is 3.67. The molecule has 1 aromatic rings. The van der Waals surface area contributed by atoms with Crippen LogP contribution in [0.3, 0.4) is 0 Å². The first-order valence-corrected chi connectivity index (χ1v) is 7.47. The fourth-order valence-electron chi connectivity index (χ4n) is 3.51. The minimum atomic E-state index is -0.880. The Morgan fingerprint density at radius 3 is 2.52 bits per heavy atom.